The highest BCUT2D eigenvalue weighted by atomic mass is 35.5. The molecule has 3 heterocycles. The van der Waals surface area contributed by atoms with Crippen molar-refractivity contribution < 1.29 is 0 Å². The summed E-state index contributed by atoms with van der Waals surface area (Å²) in [6.45, 7) is 2.63. The van der Waals surface area contributed by atoms with E-state index in [-0.39, 0.29) is 0 Å². The van der Waals surface area contributed by atoms with Crippen molar-refractivity contribution in [2.45, 2.75) is 19.0 Å². The van der Waals surface area contributed by atoms with Gasteiger partial charge in [-0.05, 0) is 38.2 Å². The highest BCUT2D eigenvalue weighted by molar-refractivity contribution is 6.30. The smallest absolute Gasteiger partial charge is 0.163 e. The molecule has 3 aromatic rings. The van der Waals surface area contributed by atoms with E-state index in [0.29, 0.717) is 12.6 Å². The van der Waals surface area contributed by atoms with Gasteiger partial charge in [-0.15, -0.1) is 0 Å². The Labute approximate surface area is 152 Å². The zero-order valence-corrected chi connectivity index (χ0v) is 15.2. The second-order valence-electron chi connectivity index (χ2n) is 6.72. The lowest BCUT2D eigenvalue weighted by molar-refractivity contribution is 0.315. The second kappa shape index (κ2) is 6.61. The Balaban J connectivity index is 1.64. The summed E-state index contributed by atoms with van der Waals surface area (Å²) in [6, 6.07) is 8.39. The first kappa shape index (κ1) is 16.3. The number of hydrogen-bond acceptors (Lipinski definition) is 5. The lowest BCUT2D eigenvalue weighted by Crippen LogP contribution is -2.31. The molecule has 1 aliphatic heterocycles. The number of anilines is 1. The van der Waals surface area contributed by atoms with Gasteiger partial charge in [0, 0.05) is 24.2 Å². The Bertz CT molecular complexity index is 890. The average Bonchev–Trinajstić information content (AvgIpc) is 3.22. The first-order valence-corrected chi connectivity index (χ1v) is 8.82. The van der Waals surface area contributed by atoms with Gasteiger partial charge in [-0.1, -0.05) is 23.7 Å². The van der Waals surface area contributed by atoms with Crippen LogP contribution in [0.4, 0.5) is 5.82 Å². The van der Waals surface area contributed by atoms with Crippen LogP contribution in [0.25, 0.3) is 11.0 Å². The Hall–Kier alpha value is -2.18. The van der Waals surface area contributed by atoms with E-state index < -0.39 is 0 Å². The van der Waals surface area contributed by atoms with Crippen molar-refractivity contribution in [2.75, 3.05) is 32.1 Å². The van der Waals surface area contributed by atoms with E-state index in [1.165, 1.54) is 0 Å². The maximum atomic E-state index is 6.09. The normalized spacial score (nSPS) is 17.8. The first-order valence-electron chi connectivity index (χ1n) is 8.44. The van der Waals surface area contributed by atoms with E-state index >= 15 is 0 Å². The monoisotopic (exact) mass is 356 g/mol. The minimum Gasteiger partial charge on any atom is -0.354 e. The maximum Gasteiger partial charge on any atom is 0.163 e. The highest BCUT2D eigenvalue weighted by Crippen LogP contribution is 2.27. The number of hydrogen-bond donors (Lipinski definition) is 0. The van der Waals surface area contributed by atoms with Gasteiger partial charge in [0.2, 0.25) is 0 Å². The molecule has 0 N–H and O–H groups in total. The summed E-state index contributed by atoms with van der Waals surface area (Å²) in [5.41, 5.74) is 1.96. The van der Waals surface area contributed by atoms with E-state index in [9.17, 15) is 0 Å². The van der Waals surface area contributed by atoms with E-state index in [0.717, 1.165) is 46.9 Å². The highest BCUT2D eigenvalue weighted by Gasteiger charge is 2.26. The maximum absolute atomic E-state index is 6.09. The predicted octanol–water partition coefficient (Wildman–Crippen LogP) is 2.67. The molecular weight excluding hydrogens is 336 g/mol. The van der Waals surface area contributed by atoms with Crippen LogP contribution in [0.1, 0.15) is 12.0 Å². The number of likely N-dealkylation sites (N-methyl/N-ethyl adjacent to an activating group) is 1. The molecule has 0 radical (unpaired) electrons. The molecule has 6 nitrogen and oxygen atoms in total. The summed E-state index contributed by atoms with van der Waals surface area (Å²) in [6.07, 6.45) is 4.66. The quantitative estimate of drug-likeness (QED) is 0.719. The molecule has 0 aliphatic carbocycles. The summed E-state index contributed by atoms with van der Waals surface area (Å²) in [7, 11) is 4.26. The second-order valence-corrected chi connectivity index (χ2v) is 7.16. The number of nitrogens with zero attached hydrogens (tertiary/aromatic N) is 6. The van der Waals surface area contributed by atoms with Crippen molar-refractivity contribution in [2.24, 2.45) is 0 Å². The van der Waals surface area contributed by atoms with Crippen LogP contribution in [0.15, 0.2) is 36.8 Å². The topological polar surface area (TPSA) is 50.1 Å². The van der Waals surface area contributed by atoms with Crippen molar-refractivity contribution in [3.63, 3.8) is 0 Å². The molecule has 4 rings (SSSR count). The van der Waals surface area contributed by atoms with Gasteiger partial charge >= 0.3 is 0 Å². The van der Waals surface area contributed by atoms with Crippen molar-refractivity contribution in [1.82, 2.24) is 24.6 Å². The van der Waals surface area contributed by atoms with Gasteiger partial charge < -0.3 is 9.80 Å². The van der Waals surface area contributed by atoms with Gasteiger partial charge in [0.05, 0.1) is 18.1 Å². The van der Waals surface area contributed by atoms with E-state index in [2.05, 4.69) is 39.0 Å². The molecule has 0 amide bonds. The molecule has 1 atom stereocenters. The minimum absolute atomic E-state index is 0.562. The van der Waals surface area contributed by atoms with E-state index in [1.54, 1.807) is 6.33 Å². The van der Waals surface area contributed by atoms with E-state index in [4.69, 9.17) is 11.6 Å². The van der Waals surface area contributed by atoms with Crippen LogP contribution in [0.5, 0.6) is 0 Å². The fourth-order valence-corrected chi connectivity index (χ4v) is 3.63. The van der Waals surface area contributed by atoms with Crippen molar-refractivity contribution in [3.05, 3.63) is 47.4 Å². The third-order valence-corrected chi connectivity index (χ3v) is 5.06. The molecule has 0 bridgehead atoms. The molecule has 0 saturated carbocycles. The molecule has 1 fully saturated rings. The van der Waals surface area contributed by atoms with Crippen LogP contribution >= 0.6 is 11.6 Å². The lowest BCUT2D eigenvalue weighted by Gasteiger charge is -2.21. The van der Waals surface area contributed by atoms with E-state index in [1.807, 2.05) is 35.1 Å². The zero-order valence-electron chi connectivity index (χ0n) is 14.4. The van der Waals surface area contributed by atoms with Crippen LogP contribution in [-0.2, 0) is 6.54 Å². The SMILES string of the molecule is CN(C)[C@@H]1CCN(c2ncnc3c2cnn3Cc2cccc(Cl)c2)C1. The lowest BCUT2D eigenvalue weighted by atomic mass is 10.2. The Morgan fingerprint density at radius 3 is 2.92 bits per heavy atom. The molecule has 2 aromatic heterocycles. The minimum atomic E-state index is 0.562. The molecule has 0 spiro atoms. The average molecular weight is 357 g/mol. The predicted molar refractivity (Wildman–Crippen MR) is 100 cm³/mol. The Morgan fingerprint density at radius 1 is 1.28 bits per heavy atom. The fraction of sp³-hybridized carbons (Fsp3) is 0.389. The van der Waals surface area contributed by atoms with Gasteiger partial charge in [-0.25, -0.2) is 14.6 Å². The fourth-order valence-electron chi connectivity index (χ4n) is 3.41. The van der Waals surface area contributed by atoms with Crippen molar-refractivity contribution in [3.8, 4) is 0 Å². The largest absolute Gasteiger partial charge is 0.354 e. The van der Waals surface area contributed by atoms with Gasteiger partial charge in [0.15, 0.2) is 5.65 Å². The Morgan fingerprint density at radius 2 is 2.16 bits per heavy atom. The van der Waals surface area contributed by atoms with Crippen LogP contribution in [0, 0.1) is 0 Å². The number of benzene rings is 1. The third-order valence-electron chi connectivity index (χ3n) is 4.83. The van der Waals surface area contributed by atoms with Gasteiger partial charge in [-0.3, -0.25) is 0 Å². The van der Waals surface area contributed by atoms with Gasteiger partial charge in [0.1, 0.15) is 12.1 Å². The Kier molecular flexibility index (Phi) is 4.31. The molecule has 1 aromatic carbocycles. The van der Waals surface area contributed by atoms with Gasteiger partial charge in [-0.2, -0.15) is 5.10 Å². The molecule has 7 heteroatoms. The number of aromatic nitrogens is 4. The standard InChI is InChI=1S/C18H21ClN6/c1-23(2)15-6-7-24(11-15)17-16-9-22-25(18(16)21-12-20-17)10-13-4-3-5-14(19)8-13/h3-5,8-9,12,15H,6-7,10-11H2,1-2H3/t15-/m1/s1. The molecule has 1 aliphatic rings. The summed E-state index contributed by atoms with van der Waals surface area (Å²) >= 11 is 6.09. The van der Waals surface area contributed by atoms with Crippen LogP contribution in [0.3, 0.4) is 0 Å². The molecule has 0 unspecified atom stereocenters. The number of halogens is 1. The van der Waals surface area contributed by atoms with Gasteiger partial charge in [0.25, 0.3) is 0 Å². The first-order chi connectivity index (χ1) is 12.1. The molecule has 130 valence electrons. The van der Waals surface area contributed by atoms with Crippen LogP contribution < -0.4 is 4.90 Å². The summed E-state index contributed by atoms with van der Waals surface area (Å²) in [5.74, 6) is 0.978. The summed E-state index contributed by atoms with van der Waals surface area (Å²) < 4.78 is 1.91. The van der Waals surface area contributed by atoms with Crippen molar-refractivity contribution >= 4 is 28.5 Å². The molecule has 1 saturated heterocycles. The van der Waals surface area contributed by atoms with Crippen LogP contribution in [-0.4, -0.2) is 57.9 Å². The molecular formula is C18H21ClN6. The van der Waals surface area contributed by atoms with Crippen LogP contribution in [0.2, 0.25) is 5.02 Å². The number of rotatable bonds is 4. The summed E-state index contributed by atoms with van der Waals surface area (Å²) in [5, 5.41) is 6.28. The third kappa shape index (κ3) is 3.19. The van der Waals surface area contributed by atoms with Crippen molar-refractivity contribution in [1.29, 1.82) is 0 Å². The molecule has 25 heavy (non-hydrogen) atoms. The summed E-state index contributed by atoms with van der Waals surface area (Å²) in [4.78, 5) is 13.6. The zero-order chi connectivity index (χ0) is 17.4. The number of fused-ring (bicyclic) bond motifs is 1.